The second-order valence-electron chi connectivity index (χ2n) is 3.89. The fraction of sp³-hybridized carbons (Fsp3) is 1.00. The molecule has 1 saturated heterocycles. The highest BCUT2D eigenvalue weighted by molar-refractivity contribution is 4.76. The number of hydrogen-bond acceptors (Lipinski definition) is 1. The molecule has 1 rings (SSSR count). The van der Waals surface area contributed by atoms with Gasteiger partial charge in [-0.1, -0.05) is 13.8 Å². The van der Waals surface area contributed by atoms with Crippen LogP contribution >= 0.6 is 0 Å². The maximum atomic E-state index is 3.51. The molecule has 1 fully saturated rings. The zero-order chi connectivity index (χ0) is 7.56. The minimum atomic E-state index is 0.759. The monoisotopic (exact) mass is 141 g/mol. The van der Waals surface area contributed by atoms with Crippen molar-refractivity contribution in [1.29, 1.82) is 0 Å². The quantitative estimate of drug-likeness (QED) is 0.589. The molecule has 0 aromatic heterocycles. The van der Waals surface area contributed by atoms with Crippen molar-refractivity contribution in [2.45, 2.75) is 39.7 Å². The van der Waals surface area contributed by atoms with E-state index in [0.29, 0.717) is 0 Å². The highest BCUT2D eigenvalue weighted by Gasteiger charge is 2.19. The topological polar surface area (TPSA) is 12.0 Å². The van der Waals surface area contributed by atoms with Crippen molar-refractivity contribution in [3.05, 3.63) is 0 Å². The molecule has 0 bridgehead atoms. The van der Waals surface area contributed by atoms with Gasteiger partial charge in [0, 0.05) is 6.04 Å². The van der Waals surface area contributed by atoms with E-state index in [4.69, 9.17) is 0 Å². The summed E-state index contributed by atoms with van der Waals surface area (Å²) >= 11 is 0. The lowest BCUT2D eigenvalue weighted by molar-refractivity contribution is 0.262. The highest BCUT2D eigenvalue weighted by atomic mass is 14.9. The average Bonchev–Trinajstić information content (AvgIpc) is 1.88. The molecule has 10 heavy (non-hydrogen) atoms. The van der Waals surface area contributed by atoms with Crippen LogP contribution < -0.4 is 5.32 Å². The molecule has 1 aliphatic rings. The number of nitrogens with one attached hydrogen (secondary N) is 1. The van der Waals surface area contributed by atoms with Crippen LogP contribution in [0.2, 0.25) is 0 Å². The molecule has 0 aromatic rings. The van der Waals surface area contributed by atoms with Gasteiger partial charge in [-0.05, 0) is 38.1 Å². The van der Waals surface area contributed by atoms with Gasteiger partial charge in [0.2, 0.25) is 0 Å². The largest absolute Gasteiger partial charge is 0.314 e. The van der Waals surface area contributed by atoms with Crippen LogP contribution in [0.1, 0.15) is 33.6 Å². The molecule has 1 heterocycles. The summed E-state index contributed by atoms with van der Waals surface area (Å²) in [7, 11) is 0. The Hall–Kier alpha value is -0.0400. The van der Waals surface area contributed by atoms with E-state index in [-0.39, 0.29) is 0 Å². The van der Waals surface area contributed by atoms with E-state index < -0.39 is 0 Å². The van der Waals surface area contributed by atoms with Crippen LogP contribution in [0.15, 0.2) is 0 Å². The van der Waals surface area contributed by atoms with E-state index in [9.17, 15) is 0 Å². The lowest BCUT2D eigenvalue weighted by Crippen LogP contribution is -2.38. The molecular formula is C9H19N. The van der Waals surface area contributed by atoms with Crippen molar-refractivity contribution < 1.29 is 0 Å². The fourth-order valence-corrected chi connectivity index (χ4v) is 1.59. The summed E-state index contributed by atoms with van der Waals surface area (Å²) in [6.07, 6.45) is 2.79. The van der Waals surface area contributed by atoms with Crippen LogP contribution in [-0.2, 0) is 0 Å². The molecule has 0 saturated carbocycles. The number of piperidine rings is 1. The normalized spacial score (nSPS) is 34.8. The first kappa shape index (κ1) is 8.06. The van der Waals surface area contributed by atoms with E-state index >= 15 is 0 Å². The van der Waals surface area contributed by atoms with Gasteiger partial charge in [0.05, 0.1) is 0 Å². The zero-order valence-electron chi connectivity index (χ0n) is 7.35. The van der Waals surface area contributed by atoms with Gasteiger partial charge in [-0.2, -0.15) is 0 Å². The van der Waals surface area contributed by atoms with E-state index in [0.717, 1.165) is 17.9 Å². The molecule has 1 N–H and O–H groups in total. The van der Waals surface area contributed by atoms with Gasteiger partial charge in [0.25, 0.3) is 0 Å². The second-order valence-corrected chi connectivity index (χ2v) is 3.89. The Balaban J connectivity index is 2.26. The van der Waals surface area contributed by atoms with Crippen molar-refractivity contribution in [3.63, 3.8) is 0 Å². The van der Waals surface area contributed by atoms with Crippen molar-refractivity contribution in [3.8, 4) is 0 Å². The van der Waals surface area contributed by atoms with Gasteiger partial charge in [-0.25, -0.2) is 0 Å². The lowest BCUT2D eigenvalue weighted by Gasteiger charge is -2.30. The van der Waals surface area contributed by atoms with Gasteiger partial charge >= 0.3 is 0 Å². The van der Waals surface area contributed by atoms with Crippen LogP contribution in [0.5, 0.6) is 0 Å². The molecule has 1 heteroatoms. The molecule has 0 radical (unpaired) electrons. The Morgan fingerprint density at radius 3 is 2.40 bits per heavy atom. The summed E-state index contributed by atoms with van der Waals surface area (Å²) in [6, 6.07) is 0.759. The Bertz CT molecular complexity index is 90.9. The standard InChI is InChI=1S/C9H19N/c1-7(2)9-5-4-8(3)10-6-9/h7-10H,4-6H2,1-3H3/t8-,9+/m0/s1. The van der Waals surface area contributed by atoms with Gasteiger partial charge in [0.15, 0.2) is 0 Å². The molecule has 1 aliphatic heterocycles. The SMILES string of the molecule is CC(C)[C@@H]1CC[C@H](C)NC1. The van der Waals surface area contributed by atoms with Crippen LogP contribution in [-0.4, -0.2) is 12.6 Å². The Morgan fingerprint density at radius 2 is 2.00 bits per heavy atom. The lowest BCUT2D eigenvalue weighted by atomic mass is 9.87. The Kier molecular flexibility index (Phi) is 2.72. The maximum Gasteiger partial charge on any atom is 0.00389 e. The summed E-state index contributed by atoms with van der Waals surface area (Å²) < 4.78 is 0. The van der Waals surface area contributed by atoms with Crippen LogP contribution in [0.25, 0.3) is 0 Å². The first-order valence-corrected chi connectivity index (χ1v) is 4.43. The van der Waals surface area contributed by atoms with Crippen molar-refractivity contribution in [2.75, 3.05) is 6.54 Å². The minimum absolute atomic E-state index is 0.759. The second kappa shape index (κ2) is 3.38. The van der Waals surface area contributed by atoms with Gasteiger partial charge < -0.3 is 5.32 Å². The summed E-state index contributed by atoms with van der Waals surface area (Å²) in [4.78, 5) is 0. The fourth-order valence-electron chi connectivity index (χ4n) is 1.59. The average molecular weight is 141 g/mol. The Morgan fingerprint density at radius 1 is 1.30 bits per heavy atom. The molecule has 1 nitrogen and oxygen atoms in total. The zero-order valence-corrected chi connectivity index (χ0v) is 7.35. The van der Waals surface area contributed by atoms with Gasteiger partial charge in [-0.3, -0.25) is 0 Å². The molecule has 0 aromatic carbocycles. The smallest absolute Gasteiger partial charge is 0.00389 e. The van der Waals surface area contributed by atoms with Crippen molar-refractivity contribution in [2.24, 2.45) is 11.8 Å². The summed E-state index contributed by atoms with van der Waals surface area (Å²) in [6.45, 7) is 8.15. The van der Waals surface area contributed by atoms with Gasteiger partial charge in [0.1, 0.15) is 0 Å². The Labute approximate surface area is 64.2 Å². The summed E-state index contributed by atoms with van der Waals surface area (Å²) in [5.74, 6) is 1.79. The first-order valence-electron chi connectivity index (χ1n) is 4.43. The third-order valence-electron chi connectivity index (χ3n) is 2.64. The first-order chi connectivity index (χ1) is 4.70. The van der Waals surface area contributed by atoms with Crippen LogP contribution in [0.4, 0.5) is 0 Å². The molecule has 0 unspecified atom stereocenters. The third kappa shape index (κ3) is 1.98. The third-order valence-corrected chi connectivity index (χ3v) is 2.64. The minimum Gasteiger partial charge on any atom is -0.314 e. The summed E-state index contributed by atoms with van der Waals surface area (Å²) in [5, 5.41) is 3.51. The van der Waals surface area contributed by atoms with Crippen molar-refractivity contribution in [1.82, 2.24) is 5.32 Å². The molecule has 0 aliphatic carbocycles. The molecule has 0 spiro atoms. The molecule has 60 valence electrons. The van der Waals surface area contributed by atoms with Crippen LogP contribution in [0.3, 0.4) is 0 Å². The predicted octanol–water partition coefficient (Wildman–Crippen LogP) is 2.03. The van der Waals surface area contributed by atoms with E-state index in [2.05, 4.69) is 26.1 Å². The van der Waals surface area contributed by atoms with E-state index in [1.807, 2.05) is 0 Å². The highest BCUT2D eigenvalue weighted by Crippen LogP contribution is 2.20. The predicted molar refractivity (Wildman–Crippen MR) is 45.0 cm³/mol. The molecular weight excluding hydrogens is 122 g/mol. The number of rotatable bonds is 1. The molecule has 2 atom stereocenters. The van der Waals surface area contributed by atoms with Crippen molar-refractivity contribution >= 4 is 0 Å². The molecule has 0 amide bonds. The maximum absolute atomic E-state index is 3.51. The van der Waals surface area contributed by atoms with Crippen LogP contribution in [0, 0.1) is 11.8 Å². The van der Waals surface area contributed by atoms with Gasteiger partial charge in [-0.15, -0.1) is 0 Å². The van der Waals surface area contributed by atoms with E-state index in [1.54, 1.807) is 0 Å². The number of hydrogen-bond donors (Lipinski definition) is 1. The summed E-state index contributed by atoms with van der Waals surface area (Å²) in [5.41, 5.74) is 0. The van der Waals surface area contributed by atoms with E-state index in [1.165, 1.54) is 19.4 Å².